The monoisotopic (exact) mass is 487 g/mol. The number of carbonyl (C=O) groups excluding carboxylic acids is 2. The molecule has 1 unspecified atom stereocenters. The normalized spacial score (nSPS) is 16.3. The lowest BCUT2D eigenvalue weighted by molar-refractivity contribution is -0.126. The van der Waals surface area contributed by atoms with Crippen LogP contribution in [0, 0.1) is 19.8 Å². The van der Waals surface area contributed by atoms with Crippen LogP contribution in [0.25, 0.3) is 5.13 Å². The zero-order valence-electron chi connectivity index (χ0n) is 16.8. The number of thiazole rings is 1. The third kappa shape index (κ3) is 4.46. The van der Waals surface area contributed by atoms with E-state index >= 15 is 0 Å². The van der Waals surface area contributed by atoms with Gasteiger partial charge in [-0.2, -0.15) is 5.10 Å². The minimum absolute atomic E-state index is 0.0257. The minimum Gasteiger partial charge on any atom is -0.355 e. The molecule has 0 aliphatic carbocycles. The third-order valence-electron chi connectivity index (χ3n) is 5.03. The van der Waals surface area contributed by atoms with Crippen molar-refractivity contribution in [2.45, 2.75) is 26.7 Å². The van der Waals surface area contributed by atoms with Gasteiger partial charge in [0, 0.05) is 47.2 Å². The van der Waals surface area contributed by atoms with Crippen molar-refractivity contribution in [3.63, 3.8) is 0 Å². The largest absolute Gasteiger partial charge is 0.355 e. The molecule has 1 aliphatic rings. The van der Waals surface area contributed by atoms with Crippen LogP contribution in [0.1, 0.15) is 23.5 Å². The number of nitrogens with zero attached hydrogens (tertiary/aromatic N) is 4. The average molecular weight is 488 g/mol. The number of anilines is 1. The van der Waals surface area contributed by atoms with Gasteiger partial charge in [0.05, 0.1) is 17.3 Å². The van der Waals surface area contributed by atoms with Gasteiger partial charge in [0.15, 0.2) is 0 Å². The second-order valence-corrected chi connectivity index (χ2v) is 9.14. The molecule has 7 nitrogen and oxygen atoms in total. The first-order valence-electron chi connectivity index (χ1n) is 9.72. The summed E-state index contributed by atoms with van der Waals surface area (Å²) in [5, 5.41) is 10.2. The van der Waals surface area contributed by atoms with Gasteiger partial charge in [-0.3, -0.25) is 9.59 Å². The number of rotatable bonds is 6. The minimum atomic E-state index is -0.336. The van der Waals surface area contributed by atoms with Crippen molar-refractivity contribution >= 4 is 44.8 Å². The first-order chi connectivity index (χ1) is 14.4. The van der Waals surface area contributed by atoms with Crippen LogP contribution in [0.5, 0.6) is 0 Å². The van der Waals surface area contributed by atoms with E-state index in [1.54, 1.807) is 4.90 Å². The Morgan fingerprint density at radius 3 is 2.90 bits per heavy atom. The summed E-state index contributed by atoms with van der Waals surface area (Å²) in [6, 6.07) is 9.58. The van der Waals surface area contributed by atoms with E-state index in [0.717, 1.165) is 32.4 Å². The van der Waals surface area contributed by atoms with Crippen LogP contribution < -0.4 is 10.2 Å². The third-order valence-corrected chi connectivity index (χ3v) is 6.38. The first kappa shape index (κ1) is 20.7. The molecule has 0 spiro atoms. The Hall–Kier alpha value is -2.52. The molecule has 3 aromatic rings. The highest BCUT2D eigenvalue weighted by atomic mass is 79.9. The Kier molecular flexibility index (Phi) is 6.01. The van der Waals surface area contributed by atoms with Crippen molar-refractivity contribution in [2.24, 2.45) is 5.92 Å². The molecule has 1 N–H and O–H groups in total. The van der Waals surface area contributed by atoms with E-state index in [9.17, 15) is 9.59 Å². The van der Waals surface area contributed by atoms with Gasteiger partial charge in [0.25, 0.3) is 0 Å². The Bertz CT molecular complexity index is 1090. The van der Waals surface area contributed by atoms with Gasteiger partial charge in [-0.25, -0.2) is 9.67 Å². The number of hydrogen-bond acceptors (Lipinski definition) is 5. The lowest BCUT2D eigenvalue weighted by atomic mass is 10.1. The summed E-state index contributed by atoms with van der Waals surface area (Å²) in [7, 11) is 0. The Balaban J connectivity index is 1.30. The molecule has 0 radical (unpaired) electrons. The van der Waals surface area contributed by atoms with E-state index in [0.29, 0.717) is 19.5 Å². The van der Waals surface area contributed by atoms with Gasteiger partial charge in [-0.05, 0) is 38.1 Å². The number of hydrogen-bond donors (Lipinski definition) is 1. The molecular formula is C21H22BrN5O2S. The van der Waals surface area contributed by atoms with E-state index in [-0.39, 0.29) is 24.2 Å². The molecule has 9 heteroatoms. The fraction of sp³-hybridized carbons (Fsp3) is 0.333. The van der Waals surface area contributed by atoms with Crippen molar-refractivity contribution < 1.29 is 9.59 Å². The average Bonchev–Trinajstić information content (AvgIpc) is 3.40. The van der Waals surface area contributed by atoms with E-state index in [2.05, 4.69) is 31.3 Å². The summed E-state index contributed by atoms with van der Waals surface area (Å²) in [5.74, 6) is -0.450. The molecule has 3 heterocycles. The SMILES string of the molecule is Cc1cc(C)n(-c2nc(CCNC(=O)C3CC(=O)N(c4cccc(Br)c4)C3)cs2)n1. The number of carbonyl (C=O) groups is 2. The van der Waals surface area contributed by atoms with Crippen LogP contribution in [0.2, 0.25) is 0 Å². The molecule has 1 aromatic carbocycles. The smallest absolute Gasteiger partial charge is 0.227 e. The van der Waals surface area contributed by atoms with Gasteiger partial charge < -0.3 is 10.2 Å². The molecular weight excluding hydrogens is 466 g/mol. The second-order valence-electron chi connectivity index (χ2n) is 7.39. The molecule has 1 atom stereocenters. The van der Waals surface area contributed by atoms with Gasteiger partial charge >= 0.3 is 0 Å². The first-order valence-corrected chi connectivity index (χ1v) is 11.4. The highest BCUT2D eigenvalue weighted by Crippen LogP contribution is 2.27. The Morgan fingerprint density at radius 1 is 1.33 bits per heavy atom. The molecule has 2 aromatic heterocycles. The van der Waals surface area contributed by atoms with Gasteiger partial charge in [0.1, 0.15) is 0 Å². The molecule has 1 fully saturated rings. The van der Waals surface area contributed by atoms with E-state index in [1.165, 1.54) is 11.3 Å². The maximum atomic E-state index is 12.6. The van der Waals surface area contributed by atoms with E-state index < -0.39 is 0 Å². The Labute approximate surface area is 187 Å². The Morgan fingerprint density at radius 2 is 2.17 bits per heavy atom. The van der Waals surface area contributed by atoms with Crippen molar-refractivity contribution in [1.29, 1.82) is 0 Å². The zero-order chi connectivity index (χ0) is 21.3. The summed E-state index contributed by atoms with van der Waals surface area (Å²) >= 11 is 4.96. The summed E-state index contributed by atoms with van der Waals surface area (Å²) in [6.45, 7) is 4.85. The maximum Gasteiger partial charge on any atom is 0.227 e. The standard InChI is InChI=1S/C21H22BrN5O2S/c1-13-8-14(2)27(25-13)21-24-17(12-30-21)6-7-23-20(29)15-9-19(28)26(11-15)18-5-3-4-16(22)10-18/h3-5,8,10,12,15H,6-7,9,11H2,1-2H3,(H,23,29). The van der Waals surface area contributed by atoms with Crippen molar-refractivity contribution in [3.05, 3.63) is 57.3 Å². The van der Waals surface area contributed by atoms with Crippen LogP contribution >= 0.6 is 27.3 Å². The number of benzene rings is 1. The van der Waals surface area contributed by atoms with Gasteiger partial charge in [0.2, 0.25) is 16.9 Å². The van der Waals surface area contributed by atoms with Crippen molar-refractivity contribution in [3.8, 4) is 5.13 Å². The summed E-state index contributed by atoms with van der Waals surface area (Å²) in [6.07, 6.45) is 0.870. The summed E-state index contributed by atoms with van der Waals surface area (Å²) < 4.78 is 2.74. The van der Waals surface area contributed by atoms with Crippen molar-refractivity contribution in [1.82, 2.24) is 20.1 Å². The van der Waals surface area contributed by atoms with E-state index in [4.69, 9.17) is 0 Å². The lowest BCUT2D eigenvalue weighted by Gasteiger charge is -2.17. The van der Waals surface area contributed by atoms with Crippen molar-refractivity contribution in [2.75, 3.05) is 18.0 Å². The van der Waals surface area contributed by atoms with Crippen LogP contribution in [-0.2, 0) is 16.0 Å². The molecule has 2 amide bonds. The quantitative estimate of drug-likeness (QED) is 0.577. The summed E-state index contributed by atoms with van der Waals surface area (Å²) in [4.78, 5) is 31.2. The van der Waals surface area contributed by atoms with E-state index in [1.807, 2.05) is 54.2 Å². The van der Waals surface area contributed by atoms with Crippen LogP contribution in [-0.4, -0.2) is 39.7 Å². The fourth-order valence-corrected chi connectivity index (χ4v) is 4.82. The predicted molar refractivity (Wildman–Crippen MR) is 120 cm³/mol. The lowest BCUT2D eigenvalue weighted by Crippen LogP contribution is -2.34. The topological polar surface area (TPSA) is 80.1 Å². The predicted octanol–water partition coefficient (Wildman–Crippen LogP) is 3.42. The number of aryl methyl sites for hydroxylation is 2. The van der Waals surface area contributed by atoms with Crippen LogP contribution in [0.3, 0.4) is 0 Å². The number of aromatic nitrogens is 3. The molecule has 0 saturated carbocycles. The molecule has 0 bridgehead atoms. The summed E-state index contributed by atoms with van der Waals surface area (Å²) in [5.41, 5.74) is 3.73. The molecule has 4 rings (SSSR count). The maximum absolute atomic E-state index is 12.6. The van der Waals surface area contributed by atoms with Gasteiger partial charge in [-0.1, -0.05) is 22.0 Å². The molecule has 1 saturated heterocycles. The number of nitrogens with one attached hydrogen (secondary N) is 1. The zero-order valence-corrected chi connectivity index (χ0v) is 19.2. The molecule has 156 valence electrons. The number of amides is 2. The number of halogens is 1. The fourth-order valence-electron chi connectivity index (χ4n) is 3.57. The molecule has 1 aliphatic heterocycles. The molecule has 30 heavy (non-hydrogen) atoms. The highest BCUT2D eigenvalue weighted by Gasteiger charge is 2.35. The highest BCUT2D eigenvalue weighted by molar-refractivity contribution is 9.10. The van der Waals surface area contributed by atoms with Gasteiger partial charge in [-0.15, -0.1) is 11.3 Å². The van der Waals surface area contributed by atoms with Crippen LogP contribution in [0.4, 0.5) is 5.69 Å². The second kappa shape index (κ2) is 8.69. The van der Waals surface area contributed by atoms with Crippen LogP contribution in [0.15, 0.2) is 40.2 Å².